The Morgan fingerprint density at radius 3 is 2.80 bits per heavy atom. The van der Waals surface area contributed by atoms with Crippen LogP contribution in [0.4, 0.5) is 5.69 Å². The first-order valence-electron chi connectivity index (χ1n) is 5.96. The average Bonchev–Trinajstić information content (AvgIpc) is 2.49. The number of ether oxygens (including phenoxy) is 3. The molecular formula is C13H18ClNO5. The van der Waals surface area contributed by atoms with E-state index in [2.05, 4.69) is 10.1 Å². The fourth-order valence-corrected chi connectivity index (χ4v) is 1.51. The molecule has 1 aromatic rings. The Labute approximate surface area is 122 Å². The lowest BCUT2D eigenvalue weighted by Gasteiger charge is -2.15. The molecule has 6 nitrogen and oxygen atoms in total. The summed E-state index contributed by atoms with van der Waals surface area (Å²) in [6.45, 7) is 0.104. The van der Waals surface area contributed by atoms with E-state index in [1.807, 2.05) is 0 Å². The quantitative estimate of drug-likeness (QED) is 0.556. The van der Waals surface area contributed by atoms with Crippen molar-refractivity contribution in [1.29, 1.82) is 0 Å². The van der Waals surface area contributed by atoms with Crippen molar-refractivity contribution in [2.45, 2.75) is 6.10 Å². The van der Waals surface area contributed by atoms with Crippen molar-refractivity contribution in [2.24, 2.45) is 0 Å². The van der Waals surface area contributed by atoms with Crippen LogP contribution >= 0.6 is 11.6 Å². The lowest BCUT2D eigenvalue weighted by Crippen LogP contribution is -2.21. The molecule has 0 aliphatic heterocycles. The van der Waals surface area contributed by atoms with Crippen LogP contribution in [-0.2, 0) is 9.53 Å². The van der Waals surface area contributed by atoms with Gasteiger partial charge < -0.3 is 24.6 Å². The molecule has 0 aliphatic carbocycles. The van der Waals surface area contributed by atoms with E-state index in [1.165, 1.54) is 14.2 Å². The molecule has 112 valence electrons. The molecule has 1 unspecified atom stereocenters. The maximum absolute atomic E-state index is 11.0. The first-order valence-corrected chi connectivity index (χ1v) is 6.49. The first-order chi connectivity index (χ1) is 9.60. The highest BCUT2D eigenvalue weighted by atomic mass is 35.5. The van der Waals surface area contributed by atoms with Crippen molar-refractivity contribution in [3.8, 4) is 11.5 Å². The second kappa shape index (κ2) is 8.50. The van der Waals surface area contributed by atoms with E-state index >= 15 is 0 Å². The molecule has 0 bridgehead atoms. The Bertz CT molecular complexity index is 441. The number of carbonyl (C=O) groups is 1. The Morgan fingerprint density at radius 1 is 1.45 bits per heavy atom. The van der Waals surface area contributed by atoms with Gasteiger partial charge in [-0.15, -0.1) is 11.6 Å². The number of aliphatic hydroxyl groups is 1. The fraction of sp³-hybridized carbons (Fsp3) is 0.462. The zero-order valence-corrected chi connectivity index (χ0v) is 12.1. The molecule has 0 aliphatic rings. The number of anilines is 1. The molecule has 1 atom stereocenters. The third-order valence-corrected chi connectivity index (χ3v) is 2.82. The van der Waals surface area contributed by atoms with Gasteiger partial charge in [-0.2, -0.15) is 0 Å². The van der Waals surface area contributed by atoms with Crippen molar-refractivity contribution in [2.75, 3.05) is 38.6 Å². The molecule has 0 saturated heterocycles. The molecule has 0 heterocycles. The lowest BCUT2D eigenvalue weighted by molar-refractivity contribution is -0.142. The van der Waals surface area contributed by atoms with Gasteiger partial charge in [0.25, 0.3) is 0 Å². The third kappa shape index (κ3) is 5.14. The van der Waals surface area contributed by atoms with E-state index in [4.69, 9.17) is 21.1 Å². The Hall–Kier alpha value is -1.66. The molecule has 0 amide bonds. The number of benzene rings is 1. The molecule has 0 fully saturated rings. The Balaban J connectivity index is 2.72. The standard InChI is InChI=1S/C13H18ClNO5/c1-18-12-4-3-10(20-8-13(17)19-2)5-11(12)15-7-9(16)6-14/h3-5,9,15-16H,6-8H2,1-2H3. The van der Waals surface area contributed by atoms with Crippen LogP contribution in [-0.4, -0.2) is 50.4 Å². The molecule has 0 spiro atoms. The van der Waals surface area contributed by atoms with Gasteiger partial charge in [0, 0.05) is 12.6 Å². The molecule has 1 aromatic carbocycles. The van der Waals surface area contributed by atoms with Gasteiger partial charge in [-0.05, 0) is 12.1 Å². The normalized spacial score (nSPS) is 11.6. The highest BCUT2D eigenvalue weighted by Crippen LogP contribution is 2.29. The molecule has 1 rings (SSSR count). The summed E-state index contributed by atoms with van der Waals surface area (Å²) in [4.78, 5) is 11.0. The number of alkyl halides is 1. The maximum atomic E-state index is 11.0. The summed E-state index contributed by atoms with van der Waals surface area (Å²) < 4.78 is 15.0. The summed E-state index contributed by atoms with van der Waals surface area (Å²) in [6, 6.07) is 5.04. The predicted octanol–water partition coefficient (Wildman–Crippen LogP) is 1.26. The van der Waals surface area contributed by atoms with E-state index in [-0.39, 0.29) is 19.0 Å². The fourth-order valence-electron chi connectivity index (χ4n) is 1.40. The molecule has 0 saturated carbocycles. The Morgan fingerprint density at radius 2 is 2.20 bits per heavy atom. The van der Waals surface area contributed by atoms with Crippen LogP contribution in [0.25, 0.3) is 0 Å². The monoisotopic (exact) mass is 303 g/mol. The summed E-state index contributed by atoms with van der Waals surface area (Å²) >= 11 is 5.53. The number of hydrogen-bond donors (Lipinski definition) is 2. The van der Waals surface area contributed by atoms with Gasteiger partial charge in [-0.3, -0.25) is 0 Å². The van der Waals surface area contributed by atoms with Gasteiger partial charge in [-0.25, -0.2) is 4.79 Å². The smallest absolute Gasteiger partial charge is 0.343 e. The van der Waals surface area contributed by atoms with Crippen LogP contribution in [0, 0.1) is 0 Å². The zero-order chi connectivity index (χ0) is 15.0. The SMILES string of the molecule is COC(=O)COc1ccc(OC)c(NCC(O)CCl)c1. The number of nitrogens with one attached hydrogen (secondary N) is 1. The van der Waals surface area contributed by atoms with Crippen LogP contribution in [0.3, 0.4) is 0 Å². The second-order valence-electron chi connectivity index (χ2n) is 3.92. The van der Waals surface area contributed by atoms with E-state index in [0.717, 1.165) is 0 Å². The van der Waals surface area contributed by atoms with Crippen molar-refractivity contribution in [3.05, 3.63) is 18.2 Å². The van der Waals surface area contributed by atoms with Crippen molar-refractivity contribution in [3.63, 3.8) is 0 Å². The number of halogens is 1. The van der Waals surface area contributed by atoms with Crippen LogP contribution < -0.4 is 14.8 Å². The summed E-state index contributed by atoms with van der Waals surface area (Å²) in [5, 5.41) is 12.4. The number of aliphatic hydroxyl groups excluding tert-OH is 1. The highest BCUT2D eigenvalue weighted by Gasteiger charge is 2.09. The Kier molecular flexibility index (Phi) is 6.97. The molecule has 7 heteroatoms. The van der Waals surface area contributed by atoms with Gasteiger partial charge >= 0.3 is 5.97 Å². The van der Waals surface area contributed by atoms with Crippen molar-refractivity contribution < 1.29 is 24.1 Å². The maximum Gasteiger partial charge on any atom is 0.343 e. The lowest BCUT2D eigenvalue weighted by atomic mass is 10.2. The largest absolute Gasteiger partial charge is 0.495 e. The number of rotatable bonds is 8. The number of esters is 1. The minimum Gasteiger partial charge on any atom is -0.495 e. The average molecular weight is 304 g/mol. The minimum absolute atomic E-state index is 0.133. The number of methoxy groups -OCH3 is 2. The second-order valence-corrected chi connectivity index (χ2v) is 4.22. The van der Waals surface area contributed by atoms with Gasteiger partial charge in [0.05, 0.1) is 31.9 Å². The van der Waals surface area contributed by atoms with Crippen LogP contribution in [0.1, 0.15) is 0 Å². The summed E-state index contributed by atoms with van der Waals surface area (Å²) in [5.74, 6) is 0.748. The van der Waals surface area contributed by atoms with Gasteiger partial charge in [0.2, 0.25) is 0 Å². The van der Waals surface area contributed by atoms with E-state index in [9.17, 15) is 9.90 Å². The highest BCUT2D eigenvalue weighted by molar-refractivity contribution is 6.18. The van der Waals surface area contributed by atoms with Crippen molar-refractivity contribution in [1.82, 2.24) is 0 Å². The predicted molar refractivity (Wildman–Crippen MR) is 75.7 cm³/mol. The first kappa shape index (κ1) is 16.4. The van der Waals surface area contributed by atoms with Crippen molar-refractivity contribution >= 4 is 23.3 Å². The minimum atomic E-state index is -0.666. The molecule has 20 heavy (non-hydrogen) atoms. The number of hydrogen-bond acceptors (Lipinski definition) is 6. The third-order valence-electron chi connectivity index (χ3n) is 2.46. The topological polar surface area (TPSA) is 77.0 Å². The molecule has 0 radical (unpaired) electrons. The van der Waals surface area contributed by atoms with E-state index in [1.54, 1.807) is 18.2 Å². The molecule has 2 N–H and O–H groups in total. The van der Waals surface area contributed by atoms with Crippen LogP contribution in [0.15, 0.2) is 18.2 Å². The van der Waals surface area contributed by atoms with E-state index < -0.39 is 12.1 Å². The van der Waals surface area contributed by atoms with Gasteiger partial charge in [-0.1, -0.05) is 0 Å². The molecule has 0 aromatic heterocycles. The number of carbonyl (C=O) groups excluding carboxylic acids is 1. The molecular weight excluding hydrogens is 286 g/mol. The van der Waals surface area contributed by atoms with Crippen LogP contribution in [0.5, 0.6) is 11.5 Å². The van der Waals surface area contributed by atoms with Gasteiger partial charge in [0.15, 0.2) is 6.61 Å². The van der Waals surface area contributed by atoms with Gasteiger partial charge in [0.1, 0.15) is 11.5 Å². The van der Waals surface area contributed by atoms with E-state index in [0.29, 0.717) is 17.2 Å². The summed E-state index contributed by atoms with van der Waals surface area (Å²) in [6.07, 6.45) is -0.666. The summed E-state index contributed by atoms with van der Waals surface area (Å²) in [5.41, 5.74) is 0.638. The zero-order valence-electron chi connectivity index (χ0n) is 11.4. The summed E-state index contributed by atoms with van der Waals surface area (Å²) in [7, 11) is 2.83. The van der Waals surface area contributed by atoms with Crippen LogP contribution in [0.2, 0.25) is 0 Å².